The van der Waals surface area contributed by atoms with Gasteiger partial charge in [-0.2, -0.15) is 0 Å². The van der Waals surface area contributed by atoms with Gasteiger partial charge in [0.2, 0.25) is 0 Å². The van der Waals surface area contributed by atoms with Crippen molar-refractivity contribution in [3.8, 4) is 0 Å². The highest BCUT2D eigenvalue weighted by Crippen LogP contribution is 2.14. The molecule has 98 valence electrons. The minimum atomic E-state index is -0.334. The average Bonchev–Trinajstić information content (AvgIpc) is 2.42. The first kappa shape index (κ1) is 13.4. The van der Waals surface area contributed by atoms with Gasteiger partial charge in [0.1, 0.15) is 0 Å². The van der Waals surface area contributed by atoms with Gasteiger partial charge in [-0.15, -0.1) is 0 Å². The number of hydrogen-bond acceptors (Lipinski definition) is 2. The van der Waals surface area contributed by atoms with Gasteiger partial charge in [-0.25, -0.2) is 4.79 Å². The van der Waals surface area contributed by atoms with Crippen LogP contribution in [0.15, 0.2) is 48.5 Å². The Bertz CT molecular complexity index is 553. The molecule has 0 aromatic heterocycles. The molecule has 0 fully saturated rings. The summed E-state index contributed by atoms with van der Waals surface area (Å²) in [5, 5.41) is 14.9. The summed E-state index contributed by atoms with van der Waals surface area (Å²) in [6, 6.07) is 13.5. The van der Waals surface area contributed by atoms with E-state index in [4.69, 9.17) is 16.7 Å². The first-order chi connectivity index (χ1) is 9.17. The van der Waals surface area contributed by atoms with Crippen LogP contribution in [0.5, 0.6) is 0 Å². The highest BCUT2D eigenvalue weighted by Gasteiger charge is 2.02. The van der Waals surface area contributed by atoms with Crippen LogP contribution in [0.3, 0.4) is 0 Å². The molecule has 2 amide bonds. The lowest BCUT2D eigenvalue weighted by molar-refractivity contribution is 0.262. The molecule has 0 atom stereocenters. The molecule has 0 saturated carbocycles. The van der Waals surface area contributed by atoms with Crippen LogP contribution in [-0.2, 0) is 6.61 Å². The summed E-state index contributed by atoms with van der Waals surface area (Å²) in [6.45, 7) is -0.0166. The van der Waals surface area contributed by atoms with Gasteiger partial charge in [0.15, 0.2) is 0 Å². The lowest BCUT2D eigenvalue weighted by Gasteiger charge is -2.08. The van der Waals surface area contributed by atoms with Gasteiger partial charge in [0.25, 0.3) is 0 Å². The molecular weight excluding hydrogens is 264 g/mol. The molecule has 2 rings (SSSR count). The van der Waals surface area contributed by atoms with Gasteiger partial charge in [0, 0.05) is 16.4 Å². The van der Waals surface area contributed by atoms with E-state index in [-0.39, 0.29) is 12.6 Å². The number of rotatable bonds is 3. The molecule has 0 bridgehead atoms. The van der Waals surface area contributed by atoms with Crippen molar-refractivity contribution in [2.24, 2.45) is 0 Å². The van der Waals surface area contributed by atoms with Crippen molar-refractivity contribution in [3.63, 3.8) is 0 Å². The number of anilines is 2. The van der Waals surface area contributed by atoms with E-state index < -0.39 is 0 Å². The Hall–Kier alpha value is -2.04. The first-order valence-electron chi connectivity index (χ1n) is 5.71. The van der Waals surface area contributed by atoms with Gasteiger partial charge in [-0.3, -0.25) is 0 Å². The Labute approximate surface area is 116 Å². The summed E-state index contributed by atoms with van der Waals surface area (Å²) in [5.41, 5.74) is 2.11. The van der Waals surface area contributed by atoms with Gasteiger partial charge in [-0.1, -0.05) is 23.7 Å². The smallest absolute Gasteiger partial charge is 0.323 e. The molecule has 2 aromatic rings. The monoisotopic (exact) mass is 276 g/mol. The van der Waals surface area contributed by atoms with Crippen molar-refractivity contribution in [2.45, 2.75) is 6.61 Å². The van der Waals surface area contributed by atoms with Crippen LogP contribution in [0.4, 0.5) is 16.2 Å². The number of amides is 2. The van der Waals surface area contributed by atoms with E-state index in [1.807, 2.05) is 0 Å². The highest BCUT2D eigenvalue weighted by molar-refractivity contribution is 6.30. The summed E-state index contributed by atoms with van der Waals surface area (Å²) in [7, 11) is 0. The molecule has 0 heterocycles. The van der Waals surface area contributed by atoms with Crippen molar-refractivity contribution in [1.29, 1.82) is 0 Å². The zero-order valence-corrected chi connectivity index (χ0v) is 10.8. The largest absolute Gasteiger partial charge is 0.392 e. The van der Waals surface area contributed by atoms with E-state index in [2.05, 4.69) is 10.6 Å². The summed E-state index contributed by atoms with van der Waals surface area (Å²) in [5.74, 6) is 0. The number of urea groups is 1. The van der Waals surface area contributed by atoms with E-state index in [9.17, 15) is 4.79 Å². The fourth-order valence-electron chi connectivity index (χ4n) is 1.52. The summed E-state index contributed by atoms with van der Waals surface area (Å²) in [6.07, 6.45) is 0. The maximum atomic E-state index is 11.7. The van der Waals surface area contributed by atoms with E-state index in [0.717, 1.165) is 5.56 Å². The molecule has 4 nitrogen and oxygen atoms in total. The standard InChI is InChI=1S/C14H13ClN2O2/c15-11-3-7-13(8-4-11)17-14(19)16-12-5-1-10(9-18)2-6-12/h1-8,18H,9H2,(H2,16,17,19). The van der Waals surface area contributed by atoms with Gasteiger partial charge >= 0.3 is 6.03 Å². The fourth-order valence-corrected chi connectivity index (χ4v) is 1.65. The summed E-state index contributed by atoms with van der Waals surface area (Å²) >= 11 is 5.76. The summed E-state index contributed by atoms with van der Waals surface area (Å²) in [4.78, 5) is 11.7. The molecule has 0 unspecified atom stereocenters. The number of carbonyl (C=O) groups excluding carboxylic acids is 1. The van der Waals surface area contributed by atoms with Gasteiger partial charge in [0.05, 0.1) is 6.61 Å². The van der Waals surface area contributed by atoms with E-state index in [0.29, 0.717) is 16.4 Å². The molecular formula is C14H13ClN2O2. The van der Waals surface area contributed by atoms with Crippen LogP contribution in [0.1, 0.15) is 5.56 Å². The van der Waals surface area contributed by atoms with Crippen LogP contribution < -0.4 is 10.6 Å². The molecule has 2 aromatic carbocycles. The fraction of sp³-hybridized carbons (Fsp3) is 0.0714. The predicted octanol–water partition coefficient (Wildman–Crippen LogP) is 3.48. The third-order valence-electron chi connectivity index (χ3n) is 2.50. The molecule has 0 aliphatic heterocycles. The van der Waals surface area contributed by atoms with Crippen molar-refractivity contribution < 1.29 is 9.90 Å². The average molecular weight is 277 g/mol. The Morgan fingerprint density at radius 1 is 0.947 bits per heavy atom. The van der Waals surface area contributed by atoms with Gasteiger partial charge < -0.3 is 15.7 Å². The zero-order valence-electron chi connectivity index (χ0n) is 10.1. The number of aliphatic hydroxyl groups is 1. The second-order valence-corrected chi connectivity index (χ2v) is 4.38. The van der Waals surface area contributed by atoms with Crippen molar-refractivity contribution in [2.75, 3.05) is 10.6 Å². The SMILES string of the molecule is O=C(Nc1ccc(Cl)cc1)Nc1ccc(CO)cc1. The first-order valence-corrected chi connectivity index (χ1v) is 6.08. The number of nitrogens with one attached hydrogen (secondary N) is 2. The maximum absolute atomic E-state index is 11.7. The zero-order chi connectivity index (χ0) is 13.7. The van der Waals surface area contributed by atoms with Crippen LogP contribution in [0, 0.1) is 0 Å². The molecule has 0 aliphatic rings. The quantitative estimate of drug-likeness (QED) is 0.804. The lowest BCUT2D eigenvalue weighted by atomic mass is 10.2. The van der Waals surface area contributed by atoms with Crippen molar-refractivity contribution >= 4 is 29.0 Å². The molecule has 0 aliphatic carbocycles. The molecule has 0 saturated heterocycles. The topological polar surface area (TPSA) is 61.4 Å². The second-order valence-electron chi connectivity index (χ2n) is 3.94. The van der Waals surface area contributed by atoms with E-state index >= 15 is 0 Å². The molecule has 3 N–H and O–H groups in total. The third-order valence-corrected chi connectivity index (χ3v) is 2.75. The molecule has 19 heavy (non-hydrogen) atoms. The van der Waals surface area contributed by atoms with Crippen molar-refractivity contribution in [1.82, 2.24) is 0 Å². The Morgan fingerprint density at radius 3 is 1.89 bits per heavy atom. The molecule has 5 heteroatoms. The Kier molecular flexibility index (Phi) is 4.39. The normalized spacial score (nSPS) is 10.0. The number of aliphatic hydroxyl groups excluding tert-OH is 1. The summed E-state index contributed by atoms with van der Waals surface area (Å²) < 4.78 is 0. The predicted molar refractivity (Wildman–Crippen MR) is 76.5 cm³/mol. The van der Waals surface area contributed by atoms with Crippen molar-refractivity contribution in [3.05, 3.63) is 59.1 Å². The minimum absolute atomic E-state index is 0.0166. The number of carbonyl (C=O) groups is 1. The number of benzene rings is 2. The number of hydrogen-bond donors (Lipinski definition) is 3. The van der Waals surface area contributed by atoms with Gasteiger partial charge in [-0.05, 0) is 42.0 Å². The molecule has 0 spiro atoms. The van der Waals surface area contributed by atoms with Crippen LogP contribution in [-0.4, -0.2) is 11.1 Å². The Balaban J connectivity index is 1.95. The van der Waals surface area contributed by atoms with Crippen LogP contribution in [0.25, 0.3) is 0 Å². The molecule has 0 radical (unpaired) electrons. The highest BCUT2D eigenvalue weighted by atomic mass is 35.5. The second kappa shape index (κ2) is 6.22. The minimum Gasteiger partial charge on any atom is -0.392 e. The lowest BCUT2D eigenvalue weighted by Crippen LogP contribution is -2.19. The number of halogens is 1. The van der Waals surface area contributed by atoms with E-state index in [1.165, 1.54) is 0 Å². The maximum Gasteiger partial charge on any atom is 0.323 e. The Morgan fingerprint density at radius 2 is 1.42 bits per heavy atom. The van der Waals surface area contributed by atoms with E-state index in [1.54, 1.807) is 48.5 Å². The third kappa shape index (κ3) is 3.98. The van der Waals surface area contributed by atoms with Crippen LogP contribution in [0.2, 0.25) is 5.02 Å². The van der Waals surface area contributed by atoms with Crippen LogP contribution >= 0.6 is 11.6 Å².